The molecule has 0 unspecified atom stereocenters. The van der Waals surface area contributed by atoms with Crippen molar-refractivity contribution in [2.45, 2.75) is 56.6 Å². The molecule has 44 heavy (non-hydrogen) atoms. The number of amides is 1. The zero-order chi connectivity index (χ0) is 31.6. The Morgan fingerprint density at radius 3 is 2.59 bits per heavy atom. The Morgan fingerprint density at radius 2 is 1.91 bits per heavy atom. The molecule has 2 aliphatic heterocycles. The van der Waals surface area contributed by atoms with E-state index in [1.54, 1.807) is 13.8 Å². The fraction of sp³-hybridized carbons (Fsp3) is 0.484. The number of halogens is 1. The number of carbonyl (C=O) groups is 1. The summed E-state index contributed by atoms with van der Waals surface area (Å²) >= 11 is 0. The monoisotopic (exact) mass is 627 g/mol. The lowest BCUT2D eigenvalue weighted by molar-refractivity contribution is 0.0904. The molecule has 11 nitrogen and oxygen atoms in total. The van der Waals surface area contributed by atoms with Gasteiger partial charge in [0.25, 0.3) is 5.91 Å². The number of H-pyrrole nitrogens is 1. The van der Waals surface area contributed by atoms with Gasteiger partial charge in [0.05, 0.1) is 21.7 Å². The van der Waals surface area contributed by atoms with Gasteiger partial charge in [-0.05, 0) is 84.1 Å². The van der Waals surface area contributed by atoms with Gasteiger partial charge in [0, 0.05) is 62.4 Å². The molecule has 3 aromatic rings. The molecule has 3 heterocycles. The normalized spacial score (nSPS) is 17.1. The van der Waals surface area contributed by atoms with Crippen molar-refractivity contribution in [3.63, 3.8) is 0 Å². The van der Waals surface area contributed by atoms with Crippen LogP contribution in [0.4, 0.5) is 21.6 Å². The smallest absolute Gasteiger partial charge is 0.258 e. The first-order valence-corrected chi connectivity index (χ1v) is 16.4. The minimum atomic E-state index is -4.05. The fourth-order valence-electron chi connectivity index (χ4n) is 5.81. The highest BCUT2D eigenvalue weighted by Crippen LogP contribution is 2.44. The molecule has 3 N–H and O–H groups in total. The van der Waals surface area contributed by atoms with Crippen LogP contribution in [0.1, 0.15) is 55.2 Å². The summed E-state index contributed by atoms with van der Waals surface area (Å²) in [7, 11) is 0.0404. The van der Waals surface area contributed by atoms with Gasteiger partial charge in [-0.2, -0.15) is 9.40 Å². The van der Waals surface area contributed by atoms with Crippen molar-refractivity contribution in [1.82, 2.24) is 19.4 Å². The molecule has 5 rings (SSSR count). The number of anilines is 3. The molecule has 13 heteroatoms. The van der Waals surface area contributed by atoms with Crippen molar-refractivity contribution >= 4 is 33.1 Å². The summed E-state index contributed by atoms with van der Waals surface area (Å²) in [6.45, 7) is 9.46. The van der Waals surface area contributed by atoms with Gasteiger partial charge in [-0.1, -0.05) is 6.07 Å². The Labute approximate surface area is 258 Å². The summed E-state index contributed by atoms with van der Waals surface area (Å²) in [6, 6.07) is 10.9. The standard InChI is InChI=1S/C31H42FN7O4S/c1-6-38(15-14-37(4)5)23-10-11-25(27(19-23)33-22-12-16-43-17-13-22)30(40)34-29-26-20-39(31(2,3)28(26)35-36-29)44(41,42)24-9-7-8-21(32)18-24/h7-11,18-19,22,33H,6,12-17,20H2,1-5H3,(H2,34,35,36,40). The quantitative estimate of drug-likeness (QED) is 0.289. The maximum absolute atomic E-state index is 13.9. The summed E-state index contributed by atoms with van der Waals surface area (Å²) in [5, 5.41) is 13.8. The fourth-order valence-corrected chi connectivity index (χ4v) is 7.57. The predicted molar refractivity (Wildman–Crippen MR) is 169 cm³/mol. The molecule has 1 saturated heterocycles. The van der Waals surface area contributed by atoms with Gasteiger partial charge in [-0.3, -0.25) is 9.89 Å². The predicted octanol–water partition coefficient (Wildman–Crippen LogP) is 4.22. The number of ether oxygens (including phenoxy) is 1. The zero-order valence-electron chi connectivity index (χ0n) is 26.0. The molecule has 0 radical (unpaired) electrons. The van der Waals surface area contributed by atoms with Crippen molar-refractivity contribution in [3.05, 3.63) is 65.1 Å². The van der Waals surface area contributed by atoms with Crippen LogP contribution in [0.15, 0.2) is 47.4 Å². The average molecular weight is 628 g/mol. The largest absolute Gasteiger partial charge is 0.381 e. The second-order valence-electron chi connectivity index (χ2n) is 12.1. The Bertz CT molecular complexity index is 1600. The van der Waals surface area contributed by atoms with Crippen LogP contribution in [0.25, 0.3) is 0 Å². The molecular weight excluding hydrogens is 585 g/mol. The molecule has 2 aromatic carbocycles. The molecule has 0 bridgehead atoms. The highest BCUT2D eigenvalue weighted by Gasteiger charge is 2.48. The molecule has 1 fully saturated rings. The van der Waals surface area contributed by atoms with Crippen LogP contribution in [0.5, 0.6) is 0 Å². The van der Waals surface area contributed by atoms with Crippen molar-refractivity contribution in [2.75, 3.05) is 62.5 Å². The van der Waals surface area contributed by atoms with Crippen LogP contribution < -0.4 is 15.5 Å². The lowest BCUT2D eigenvalue weighted by atomic mass is 10.0. The van der Waals surface area contributed by atoms with Crippen LogP contribution in [-0.2, 0) is 26.8 Å². The van der Waals surface area contributed by atoms with E-state index < -0.39 is 21.4 Å². The van der Waals surface area contributed by atoms with E-state index in [-0.39, 0.29) is 29.2 Å². The summed E-state index contributed by atoms with van der Waals surface area (Å²) in [5.74, 6) is -0.731. The van der Waals surface area contributed by atoms with Crippen molar-refractivity contribution in [1.29, 1.82) is 0 Å². The van der Waals surface area contributed by atoms with Gasteiger partial charge >= 0.3 is 0 Å². The molecule has 0 atom stereocenters. The molecule has 1 aromatic heterocycles. The number of nitrogens with zero attached hydrogens (tertiary/aromatic N) is 4. The van der Waals surface area contributed by atoms with E-state index in [9.17, 15) is 17.6 Å². The van der Waals surface area contributed by atoms with Gasteiger partial charge in [-0.25, -0.2) is 12.8 Å². The molecule has 0 spiro atoms. The summed E-state index contributed by atoms with van der Waals surface area (Å²) in [5.41, 5.74) is 2.33. The number of nitrogens with one attached hydrogen (secondary N) is 3. The highest BCUT2D eigenvalue weighted by molar-refractivity contribution is 7.89. The third-order valence-corrected chi connectivity index (χ3v) is 10.4. The molecular formula is C31H42FN7O4S. The number of hydrogen-bond donors (Lipinski definition) is 3. The van der Waals surface area contributed by atoms with E-state index in [2.05, 4.69) is 37.6 Å². The average Bonchev–Trinajstić information content (AvgIpc) is 3.51. The first-order chi connectivity index (χ1) is 20.9. The topological polar surface area (TPSA) is 123 Å². The number of hydrogen-bond acceptors (Lipinski definition) is 8. The van der Waals surface area contributed by atoms with Crippen molar-refractivity contribution < 1.29 is 22.3 Å². The van der Waals surface area contributed by atoms with Gasteiger partial charge in [0.15, 0.2) is 5.82 Å². The SMILES string of the molecule is CCN(CCN(C)C)c1ccc(C(=O)Nc2n[nH]c3c2CN(S(=O)(=O)c2cccc(F)c2)C3(C)C)c(NC2CCOCC2)c1. The maximum Gasteiger partial charge on any atom is 0.258 e. The first-order valence-electron chi connectivity index (χ1n) is 15.0. The highest BCUT2D eigenvalue weighted by atomic mass is 32.2. The number of sulfonamides is 1. The summed E-state index contributed by atoms with van der Waals surface area (Å²) in [4.78, 5) is 18.1. The van der Waals surface area contributed by atoms with Crippen LogP contribution in [0.3, 0.4) is 0 Å². The molecule has 2 aliphatic rings. The van der Waals surface area contributed by atoms with Gasteiger partial charge < -0.3 is 25.2 Å². The zero-order valence-corrected chi connectivity index (χ0v) is 26.8. The Kier molecular flexibility index (Phi) is 9.30. The second-order valence-corrected chi connectivity index (χ2v) is 13.9. The molecule has 0 saturated carbocycles. The number of aromatic amines is 1. The van der Waals surface area contributed by atoms with Gasteiger partial charge in [-0.15, -0.1) is 0 Å². The number of aromatic nitrogens is 2. The Morgan fingerprint density at radius 1 is 1.16 bits per heavy atom. The van der Waals surface area contributed by atoms with Crippen LogP contribution >= 0.6 is 0 Å². The Balaban J connectivity index is 1.42. The van der Waals surface area contributed by atoms with E-state index in [0.29, 0.717) is 30.0 Å². The molecule has 1 amide bonds. The first kappa shape index (κ1) is 31.9. The molecule has 238 valence electrons. The van der Waals surface area contributed by atoms with E-state index in [1.807, 2.05) is 32.3 Å². The van der Waals surface area contributed by atoms with Crippen LogP contribution in [0, 0.1) is 5.82 Å². The number of carbonyl (C=O) groups excluding carboxylic acids is 1. The number of benzene rings is 2. The third-order valence-electron chi connectivity index (χ3n) is 8.41. The lowest BCUT2D eigenvalue weighted by Crippen LogP contribution is -2.40. The number of fused-ring (bicyclic) bond motifs is 1. The third kappa shape index (κ3) is 6.46. The van der Waals surface area contributed by atoms with Crippen LogP contribution in [-0.4, -0.2) is 86.7 Å². The maximum atomic E-state index is 13.9. The second kappa shape index (κ2) is 12.8. The van der Waals surface area contributed by atoms with Crippen molar-refractivity contribution in [2.24, 2.45) is 0 Å². The minimum absolute atomic E-state index is 0.0310. The Hall–Kier alpha value is -3.52. The van der Waals surface area contributed by atoms with E-state index in [4.69, 9.17) is 4.74 Å². The van der Waals surface area contributed by atoms with E-state index in [0.717, 1.165) is 49.9 Å². The minimum Gasteiger partial charge on any atom is -0.381 e. The number of likely N-dealkylation sites (N-methyl/N-ethyl adjacent to an activating group) is 2. The van der Waals surface area contributed by atoms with E-state index >= 15 is 0 Å². The lowest BCUT2D eigenvalue weighted by Gasteiger charge is -2.30. The van der Waals surface area contributed by atoms with Gasteiger partial charge in [0.1, 0.15) is 5.82 Å². The van der Waals surface area contributed by atoms with Crippen LogP contribution in [0.2, 0.25) is 0 Å². The van der Waals surface area contributed by atoms with Gasteiger partial charge in [0.2, 0.25) is 10.0 Å². The summed E-state index contributed by atoms with van der Waals surface area (Å²) < 4.78 is 47.9. The van der Waals surface area contributed by atoms with E-state index in [1.165, 1.54) is 22.5 Å². The molecule has 0 aliphatic carbocycles. The van der Waals surface area contributed by atoms with Crippen molar-refractivity contribution in [3.8, 4) is 0 Å². The summed E-state index contributed by atoms with van der Waals surface area (Å²) in [6.07, 6.45) is 1.67. The number of rotatable bonds is 11.